The number of hydrogen-bond acceptors (Lipinski definition) is 8. The molecule has 1 aromatic heterocycles. The average molecular weight is 542 g/mol. The van der Waals surface area contributed by atoms with Crippen molar-refractivity contribution in [1.29, 1.82) is 0 Å². The summed E-state index contributed by atoms with van der Waals surface area (Å²) < 4.78 is 0. The van der Waals surface area contributed by atoms with Gasteiger partial charge >= 0.3 is 5.97 Å². The van der Waals surface area contributed by atoms with Crippen LogP contribution in [0.1, 0.15) is 11.1 Å². The van der Waals surface area contributed by atoms with Crippen LogP contribution in [0.25, 0.3) is 10.9 Å². The Kier molecular flexibility index (Phi) is 9.98. The second-order valence-corrected chi connectivity index (χ2v) is 8.93. The number of carbonyl (C=O) groups excluding carboxylic acids is 3. The fourth-order valence-corrected chi connectivity index (χ4v) is 3.90. The molecule has 39 heavy (non-hydrogen) atoms. The Balaban J connectivity index is 1.83. The van der Waals surface area contributed by atoms with E-state index in [2.05, 4.69) is 20.9 Å². The van der Waals surface area contributed by atoms with E-state index in [4.69, 9.17) is 10.8 Å². The number of aromatic hydroxyl groups is 1. The number of rotatable bonds is 13. The normalized spacial score (nSPS) is 14.1. The van der Waals surface area contributed by atoms with E-state index in [0.29, 0.717) is 11.1 Å². The van der Waals surface area contributed by atoms with Gasteiger partial charge in [-0.15, -0.1) is 0 Å². The number of carboxylic acid groups (broad SMARTS) is 1. The van der Waals surface area contributed by atoms with E-state index in [-0.39, 0.29) is 18.6 Å². The number of phenols is 1. The van der Waals surface area contributed by atoms with Crippen LogP contribution in [-0.2, 0) is 32.0 Å². The van der Waals surface area contributed by atoms with Gasteiger partial charge in [-0.25, -0.2) is 4.79 Å². The molecule has 3 aromatic rings. The monoisotopic (exact) mass is 541 g/mol. The van der Waals surface area contributed by atoms with E-state index in [1.807, 2.05) is 18.2 Å². The molecule has 0 radical (unpaired) electrons. The fourth-order valence-electron chi connectivity index (χ4n) is 3.90. The van der Waals surface area contributed by atoms with Gasteiger partial charge in [0.2, 0.25) is 17.7 Å². The molecule has 13 heteroatoms. The molecule has 0 aliphatic heterocycles. The van der Waals surface area contributed by atoms with Crippen LogP contribution in [0.15, 0.2) is 54.7 Å². The van der Waals surface area contributed by atoms with Gasteiger partial charge in [0.1, 0.15) is 29.9 Å². The number of phenolic OH excluding ortho intramolecular Hbond substituents is 1. The molecule has 0 saturated carbocycles. The Labute approximate surface area is 223 Å². The van der Waals surface area contributed by atoms with Crippen molar-refractivity contribution in [3.05, 3.63) is 65.9 Å². The molecule has 2 aromatic carbocycles. The van der Waals surface area contributed by atoms with Crippen molar-refractivity contribution >= 4 is 34.6 Å². The summed E-state index contributed by atoms with van der Waals surface area (Å²) in [7, 11) is 0. The first-order valence-electron chi connectivity index (χ1n) is 12.1. The minimum Gasteiger partial charge on any atom is -0.508 e. The number of aliphatic carboxylic acids is 1. The number of fused-ring (bicyclic) bond motifs is 1. The molecule has 13 nitrogen and oxygen atoms in total. The molecular formula is C26H31N5O8. The van der Waals surface area contributed by atoms with Gasteiger partial charge in [-0.05, 0) is 29.3 Å². The molecule has 0 aliphatic rings. The maximum Gasteiger partial charge on any atom is 0.326 e. The number of nitrogens with one attached hydrogen (secondary N) is 4. The summed E-state index contributed by atoms with van der Waals surface area (Å²) in [6.07, 6.45) is 1.52. The number of aliphatic hydroxyl groups is 2. The molecule has 4 unspecified atom stereocenters. The topological polar surface area (TPSA) is 227 Å². The molecule has 3 amide bonds. The third kappa shape index (κ3) is 7.77. The number of hydrogen-bond donors (Lipinski definition) is 9. The molecule has 0 saturated heterocycles. The van der Waals surface area contributed by atoms with Crippen molar-refractivity contribution in [2.45, 2.75) is 37.0 Å². The number of nitrogens with two attached hydrogens (primary N) is 1. The molecule has 4 atom stereocenters. The van der Waals surface area contributed by atoms with Crippen LogP contribution in [-0.4, -0.2) is 86.5 Å². The lowest BCUT2D eigenvalue weighted by Crippen LogP contribution is -2.59. The van der Waals surface area contributed by atoms with Crippen LogP contribution < -0.4 is 21.7 Å². The quantitative estimate of drug-likeness (QED) is 0.123. The van der Waals surface area contributed by atoms with Crippen molar-refractivity contribution in [3.63, 3.8) is 0 Å². The van der Waals surface area contributed by atoms with Crippen LogP contribution in [0, 0.1) is 0 Å². The minimum absolute atomic E-state index is 0.00152. The van der Waals surface area contributed by atoms with E-state index in [1.54, 1.807) is 12.3 Å². The van der Waals surface area contributed by atoms with E-state index >= 15 is 0 Å². The average Bonchev–Trinajstić information content (AvgIpc) is 3.33. The number of benzene rings is 2. The van der Waals surface area contributed by atoms with Gasteiger partial charge < -0.3 is 47.1 Å². The van der Waals surface area contributed by atoms with Crippen molar-refractivity contribution in [2.24, 2.45) is 5.73 Å². The Hall–Kier alpha value is -4.46. The van der Waals surface area contributed by atoms with Gasteiger partial charge in [-0.3, -0.25) is 14.4 Å². The standard InChI is InChI=1S/C26H31N5O8/c27-18(12-32)23(35)31-22(13-33)25(37)29-20(10-15-11-28-19-4-2-1-3-17(15)19)24(36)30-21(26(38)39)9-14-5-7-16(34)8-6-14/h1-8,11,18,20-22,28,32-34H,9-10,12-13,27H2,(H,29,37)(H,30,36)(H,31,35)(H,38,39). The Morgan fingerprint density at radius 3 is 2.05 bits per heavy atom. The summed E-state index contributed by atoms with van der Waals surface area (Å²) in [5.74, 6) is -3.92. The zero-order valence-electron chi connectivity index (χ0n) is 20.8. The van der Waals surface area contributed by atoms with Crippen LogP contribution >= 0.6 is 0 Å². The second kappa shape index (κ2) is 13.4. The van der Waals surface area contributed by atoms with Gasteiger partial charge in [-0.2, -0.15) is 0 Å². The van der Waals surface area contributed by atoms with Crippen molar-refractivity contribution in [3.8, 4) is 5.75 Å². The van der Waals surface area contributed by atoms with E-state index in [1.165, 1.54) is 24.3 Å². The maximum absolute atomic E-state index is 13.3. The predicted octanol–water partition coefficient (Wildman–Crippen LogP) is -1.49. The summed E-state index contributed by atoms with van der Waals surface area (Å²) >= 11 is 0. The fraction of sp³-hybridized carbons (Fsp3) is 0.308. The zero-order chi connectivity index (χ0) is 28.5. The van der Waals surface area contributed by atoms with Gasteiger partial charge in [0, 0.05) is 29.9 Å². The summed E-state index contributed by atoms with van der Waals surface area (Å²) in [5.41, 5.74) is 7.44. The Bertz CT molecular complexity index is 1310. The summed E-state index contributed by atoms with van der Waals surface area (Å²) in [6, 6.07) is 7.62. The molecular weight excluding hydrogens is 510 g/mol. The van der Waals surface area contributed by atoms with Crippen LogP contribution in [0.5, 0.6) is 5.75 Å². The highest BCUT2D eigenvalue weighted by Gasteiger charge is 2.31. The van der Waals surface area contributed by atoms with Crippen LogP contribution in [0.3, 0.4) is 0 Å². The third-order valence-corrected chi connectivity index (χ3v) is 6.07. The molecule has 0 bridgehead atoms. The summed E-state index contributed by atoms with van der Waals surface area (Å²) in [5, 5.41) is 45.8. The Morgan fingerprint density at radius 1 is 0.795 bits per heavy atom. The maximum atomic E-state index is 13.3. The molecule has 208 valence electrons. The summed E-state index contributed by atoms with van der Waals surface area (Å²) in [4.78, 5) is 53.3. The number of aromatic nitrogens is 1. The number of aromatic amines is 1. The van der Waals surface area contributed by atoms with Gasteiger partial charge in [0.25, 0.3) is 0 Å². The minimum atomic E-state index is -1.49. The SMILES string of the molecule is NC(CO)C(=O)NC(CO)C(=O)NC(Cc1c[nH]c2ccccc12)C(=O)NC(Cc1ccc(O)cc1)C(=O)O. The van der Waals surface area contributed by atoms with Crippen LogP contribution in [0.2, 0.25) is 0 Å². The molecule has 0 aliphatic carbocycles. The lowest BCUT2D eigenvalue weighted by atomic mass is 10.0. The summed E-state index contributed by atoms with van der Waals surface area (Å²) in [6.45, 7) is -1.51. The number of carbonyl (C=O) groups is 4. The van der Waals surface area contributed by atoms with Gasteiger partial charge in [0.05, 0.1) is 13.2 Å². The van der Waals surface area contributed by atoms with Crippen LogP contribution in [0.4, 0.5) is 0 Å². The lowest BCUT2D eigenvalue weighted by Gasteiger charge is -2.24. The number of para-hydroxylation sites is 1. The first-order chi connectivity index (χ1) is 18.6. The van der Waals surface area contributed by atoms with Crippen molar-refractivity contribution < 1.29 is 39.6 Å². The molecule has 3 rings (SSSR count). The molecule has 10 N–H and O–H groups in total. The highest BCUT2D eigenvalue weighted by Crippen LogP contribution is 2.19. The number of aliphatic hydroxyl groups excluding tert-OH is 2. The third-order valence-electron chi connectivity index (χ3n) is 6.07. The van der Waals surface area contributed by atoms with Crippen molar-refractivity contribution in [1.82, 2.24) is 20.9 Å². The first kappa shape index (κ1) is 29.1. The lowest BCUT2D eigenvalue weighted by molar-refractivity contribution is -0.142. The van der Waals surface area contributed by atoms with Gasteiger partial charge in [-0.1, -0.05) is 30.3 Å². The second-order valence-electron chi connectivity index (χ2n) is 8.93. The first-order valence-corrected chi connectivity index (χ1v) is 12.1. The molecule has 0 fully saturated rings. The van der Waals surface area contributed by atoms with Gasteiger partial charge in [0.15, 0.2) is 0 Å². The highest BCUT2D eigenvalue weighted by atomic mass is 16.4. The van der Waals surface area contributed by atoms with Crippen molar-refractivity contribution in [2.75, 3.05) is 13.2 Å². The predicted molar refractivity (Wildman–Crippen MR) is 139 cm³/mol. The smallest absolute Gasteiger partial charge is 0.326 e. The number of carboxylic acids is 1. The molecule has 0 spiro atoms. The largest absolute Gasteiger partial charge is 0.508 e. The Morgan fingerprint density at radius 2 is 1.41 bits per heavy atom. The van der Waals surface area contributed by atoms with E-state index in [0.717, 1.165) is 10.9 Å². The van der Waals surface area contributed by atoms with E-state index in [9.17, 15) is 34.5 Å². The molecule has 1 heterocycles. The number of amides is 3. The number of H-pyrrole nitrogens is 1. The zero-order valence-corrected chi connectivity index (χ0v) is 20.8. The highest BCUT2D eigenvalue weighted by molar-refractivity contribution is 5.95. The van der Waals surface area contributed by atoms with E-state index < -0.39 is 61.1 Å².